The van der Waals surface area contributed by atoms with Crippen LogP contribution in [0.5, 0.6) is 0 Å². The lowest BCUT2D eigenvalue weighted by atomic mass is 10.1. The molecule has 0 aliphatic carbocycles. The van der Waals surface area contributed by atoms with Crippen molar-refractivity contribution >= 4 is 40.9 Å². The van der Waals surface area contributed by atoms with Crippen LogP contribution in [0, 0.1) is 6.92 Å². The lowest BCUT2D eigenvalue weighted by Crippen LogP contribution is -2.14. The number of benzene rings is 2. The molecule has 7 heteroatoms. The second-order valence-electron chi connectivity index (χ2n) is 6.31. The number of aryl methyl sites for hydroxylation is 1. The summed E-state index contributed by atoms with van der Waals surface area (Å²) in [7, 11) is 0. The Morgan fingerprint density at radius 1 is 1.07 bits per heavy atom. The molecule has 2 amide bonds. The topological polar surface area (TPSA) is 84.0 Å². The van der Waals surface area contributed by atoms with E-state index in [4.69, 9.17) is 11.6 Å². The minimum Gasteiger partial charge on any atom is -0.322 e. The van der Waals surface area contributed by atoms with Crippen molar-refractivity contribution in [3.8, 4) is 0 Å². The molecule has 2 N–H and O–H groups in total. The van der Waals surface area contributed by atoms with E-state index in [-0.39, 0.29) is 11.8 Å². The number of amides is 2. The van der Waals surface area contributed by atoms with Gasteiger partial charge in [0.15, 0.2) is 0 Å². The number of anilines is 2. The van der Waals surface area contributed by atoms with Crippen LogP contribution in [0.25, 0.3) is 6.08 Å². The second kappa shape index (κ2) is 9.61. The standard InChI is InChI=1S/C22H19ClN4O2/c1-15-5-7-18(22(29)26-19-4-2-3-16(9-19)11-23)10-20(15)27-21(28)8-6-17-12-24-14-25-13-17/h2-10,12-14H,11H2,1H3,(H,26,29)(H,27,28)/b8-6+. The molecule has 29 heavy (non-hydrogen) atoms. The molecule has 0 aliphatic heterocycles. The van der Waals surface area contributed by atoms with Crippen molar-refractivity contribution in [1.82, 2.24) is 9.97 Å². The van der Waals surface area contributed by atoms with E-state index in [1.165, 1.54) is 12.4 Å². The Labute approximate surface area is 173 Å². The number of nitrogens with zero attached hydrogens (tertiary/aromatic N) is 2. The highest BCUT2D eigenvalue weighted by molar-refractivity contribution is 6.17. The Morgan fingerprint density at radius 2 is 1.86 bits per heavy atom. The van der Waals surface area contributed by atoms with Gasteiger partial charge in [-0.15, -0.1) is 11.6 Å². The zero-order chi connectivity index (χ0) is 20.6. The molecule has 3 aromatic rings. The van der Waals surface area contributed by atoms with Crippen LogP contribution in [0.1, 0.15) is 27.0 Å². The number of hydrogen-bond acceptors (Lipinski definition) is 4. The molecule has 0 saturated heterocycles. The Balaban J connectivity index is 1.71. The van der Waals surface area contributed by atoms with E-state index in [1.54, 1.807) is 42.7 Å². The molecule has 0 spiro atoms. The van der Waals surface area contributed by atoms with Gasteiger partial charge in [-0.3, -0.25) is 9.59 Å². The summed E-state index contributed by atoms with van der Waals surface area (Å²) in [6, 6.07) is 12.5. The maximum absolute atomic E-state index is 12.6. The molecule has 146 valence electrons. The zero-order valence-electron chi connectivity index (χ0n) is 15.7. The van der Waals surface area contributed by atoms with Gasteiger partial charge in [-0.05, 0) is 48.4 Å². The molecule has 0 saturated carbocycles. The first-order valence-electron chi connectivity index (χ1n) is 8.86. The Hall–Kier alpha value is -3.51. The number of carbonyl (C=O) groups is 2. The van der Waals surface area contributed by atoms with E-state index in [2.05, 4.69) is 20.6 Å². The average molecular weight is 407 g/mol. The fourth-order valence-corrected chi connectivity index (χ4v) is 2.74. The van der Waals surface area contributed by atoms with Crippen molar-refractivity contribution in [2.45, 2.75) is 12.8 Å². The molecule has 3 rings (SSSR count). The number of hydrogen-bond donors (Lipinski definition) is 2. The first kappa shape index (κ1) is 20.2. The molecule has 0 radical (unpaired) electrons. The third-order valence-electron chi connectivity index (χ3n) is 4.10. The Bertz CT molecular complexity index is 1050. The lowest BCUT2D eigenvalue weighted by Gasteiger charge is -2.10. The fraction of sp³-hybridized carbons (Fsp3) is 0.0909. The van der Waals surface area contributed by atoms with Crippen molar-refractivity contribution in [1.29, 1.82) is 0 Å². The summed E-state index contributed by atoms with van der Waals surface area (Å²) in [5, 5.41) is 5.64. The molecule has 0 fully saturated rings. The predicted molar refractivity (Wildman–Crippen MR) is 115 cm³/mol. The summed E-state index contributed by atoms with van der Waals surface area (Å²) in [6.45, 7) is 1.86. The van der Waals surface area contributed by atoms with Crippen LogP contribution in [0.3, 0.4) is 0 Å². The molecule has 2 aromatic carbocycles. The monoisotopic (exact) mass is 406 g/mol. The van der Waals surface area contributed by atoms with Gasteiger partial charge in [-0.2, -0.15) is 0 Å². The molecule has 1 aromatic heterocycles. The summed E-state index contributed by atoms with van der Waals surface area (Å²) < 4.78 is 0. The molecular formula is C22H19ClN4O2. The van der Waals surface area contributed by atoms with Crippen LogP contribution < -0.4 is 10.6 Å². The maximum atomic E-state index is 12.6. The molecule has 0 unspecified atom stereocenters. The van der Waals surface area contributed by atoms with E-state index in [0.717, 1.165) is 11.1 Å². The molecular weight excluding hydrogens is 388 g/mol. The Kier molecular flexibility index (Phi) is 6.71. The normalized spacial score (nSPS) is 10.7. The zero-order valence-corrected chi connectivity index (χ0v) is 16.5. The van der Waals surface area contributed by atoms with Gasteiger partial charge in [0, 0.05) is 46.9 Å². The fourth-order valence-electron chi connectivity index (χ4n) is 2.58. The number of aromatic nitrogens is 2. The molecule has 1 heterocycles. The molecule has 0 bridgehead atoms. The second-order valence-corrected chi connectivity index (χ2v) is 6.58. The van der Waals surface area contributed by atoms with Crippen molar-refractivity contribution in [3.63, 3.8) is 0 Å². The van der Waals surface area contributed by atoms with Crippen LogP contribution in [0.4, 0.5) is 11.4 Å². The minimum absolute atomic E-state index is 0.274. The van der Waals surface area contributed by atoms with Gasteiger partial charge in [0.1, 0.15) is 6.33 Å². The van der Waals surface area contributed by atoms with Gasteiger partial charge in [0.05, 0.1) is 0 Å². The lowest BCUT2D eigenvalue weighted by molar-refractivity contribution is -0.111. The van der Waals surface area contributed by atoms with Gasteiger partial charge in [0.25, 0.3) is 5.91 Å². The predicted octanol–water partition coefficient (Wildman–Crippen LogP) is 4.43. The first-order chi connectivity index (χ1) is 14.0. The van der Waals surface area contributed by atoms with Gasteiger partial charge in [-0.25, -0.2) is 9.97 Å². The molecule has 6 nitrogen and oxygen atoms in total. The molecule has 0 aliphatic rings. The van der Waals surface area contributed by atoms with Crippen molar-refractivity contribution in [2.75, 3.05) is 10.6 Å². The number of halogens is 1. The van der Waals surface area contributed by atoms with Crippen molar-refractivity contribution in [3.05, 3.63) is 89.5 Å². The SMILES string of the molecule is Cc1ccc(C(=O)Nc2cccc(CCl)c2)cc1NC(=O)/C=C/c1cncnc1. The summed E-state index contributed by atoms with van der Waals surface area (Å²) >= 11 is 5.84. The highest BCUT2D eigenvalue weighted by Crippen LogP contribution is 2.19. The van der Waals surface area contributed by atoms with E-state index in [0.29, 0.717) is 28.4 Å². The summed E-state index contributed by atoms with van der Waals surface area (Å²) in [6.07, 6.45) is 7.63. The third-order valence-corrected chi connectivity index (χ3v) is 4.41. The highest BCUT2D eigenvalue weighted by Gasteiger charge is 2.10. The first-order valence-corrected chi connectivity index (χ1v) is 9.39. The van der Waals surface area contributed by atoms with Crippen molar-refractivity contribution < 1.29 is 9.59 Å². The smallest absolute Gasteiger partial charge is 0.255 e. The van der Waals surface area contributed by atoms with Gasteiger partial charge < -0.3 is 10.6 Å². The maximum Gasteiger partial charge on any atom is 0.255 e. The number of carbonyl (C=O) groups excluding carboxylic acids is 2. The van der Waals surface area contributed by atoms with Gasteiger partial charge in [-0.1, -0.05) is 18.2 Å². The summed E-state index contributed by atoms with van der Waals surface area (Å²) in [5.74, 6) is -0.221. The summed E-state index contributed by atoms with van der Waals surface area (Å²) in [4.78, 5) is 32.6. The van der Waals surface area contributed by atoms with Crippen LogP contribution in [-0.4, -0.2) is 21.8 Å². The van der Waals surface area contributed by atoms with Gasteiger partial charge in [0.2, 0.25) is 5.91 Å². The summed E-state index contributed by atoms with van der Waals surface area (Å²) in [5.41, 5.74) is 4.13. The molecule has 0 atom stereocenters. The largest absolute Gasteiger partial charge is 0.322 e. The van der Waals surface area contributed by atoms with E-state index < -0.39 is 0 Å². The third kappa shape index (κ3) is 5.73. The quantitative estimate of drug-likeness (QED) is 0.468. The van der Waals surface area contributed by atoms with Crippen molar-refractivity contribution in [2.24, 2.45) is 0 Å². The average Bonchev–Trinajstić information content (AvgIpc) is 2.74. The van der Waals surface area contributed by atoms with Crippen LogP contribution in [0.15, 0.2) is 67.3 Å². The van der Waals surface area contributed by atoms with E-state index in [1.807, 2.05) is 25.1 Å². The number of nitrogens with one attached hydrogen (secondary N) is 2. The van der Waals surface area contributed by atoms with E-state index >= 15 is 0 Å². The number of alkyl halides is 1. The van der Waals surface area contributed by atoms with E-state index in [9.17, 15) is 9.59 Å². The minimum atomic E-state index is -0.315. The van der Waals surface area contributed by atoms with Crippen LogP contribution >= 0.6 is 11.6 Å². The van der Waals surface area contributed by atoms with Crippen LogP contribution in [-0.2, 0) is 10.7 Å². The highest BCUT2D eigenvalue weighted by atomic mass is 35.5. The Morgan fingerprint density at radius 3 is 2.62 bits per heavy atom. The number of rotatable bonds is 6. The van der Waals surface area contributed by atoms with Gasteiger partial charge >= 0.3 is 0 Å². The van der Waals surface area contributed by atoms with Crippen LogP contribution in [0.2, 0.25) is 0 Å².